The summed E-state index contributed by atoms with van der Waals surface area (Å²) in [5, 5.41) is 0. The summed E-state index contributed by atoms with van der Waals surface area (Å²) in [6.07, 6.45) is 4.46. The predicted octanol–water partition coefficient (Wildman–Crippen LogP) is 3.82. The number of hydrogen-bond donors (Lipinski definition) is 0. The van der Waals surface area contributed by atoms with Crippen LogP contribution in [-0.4, -0.2) is 33.3 Å². The van der Waals surface area contributed by atoms with Gasteiger partial charge in [0.05, 0.1) is 11.0 Å². The van der Waals surface area contributed by atoms with E-state index in [-0.39, 0.29) is 5.78 Å². The molecule has 1 fully saturated rings. The van der Waals surface area contributed by atoms with Crippen LogP contribution in [0.1, 0.15) is 35.7 Å². The van der Waals surface area contributed by atoms with Crippen LogP contribution in [0.2, 0.25) is 0 Å². The average molecular weight is 319 g/mol. The average Bonchev–Trinajstić information content (AvgIpc) is 3.23. The standard InChI is InChI=1S/C20H21N3O/c1-15(24)17-7-8-20-19(12-17)21-14-23(20)18-6-4-5-16(11-18)13-22-9-2-3-10-22/h4-8,11-12,14H,2-3,9-10,13H2,1H3. The Morgan fingerprint density at radius 1 is 1.12 bits per heavy atom. The molecule has 0 atom stereocenters. The van der Waals surface area contributed by atoms with Crippen LogP contribution < -0.4 is 0 Å². The van der Waals surface area contributed by atoms with Gasteiger partial charge in [0, 0.05) is 17.8 Å². The first-order valence-electron chi connectivity index (χ1n) is 8.50. The van der Waals surface area contributed by atoms with Crippen molar-refractivity contribution in [1.29, 1.82) is 0 Å². The highest BCUT2D eigenvalue weighted by atomic mass is 16.1. The van der Waals surface area contributed by atoms with Gasteiger partial charge in [0.15, 0.2) is 5.78 Å². The molecule has 1 aliphatic rings. The number of imidazole rings is 1. The fourth-order valence-electron chi connectivity index (χ4n) is 3.44. The molecule has 0 unspecified atom stereocenters. The molecule has 1 aliphatic heterocycles. The second-order valence-corrected chi connectivity index (χ2v) is 6.53. The molecule has 122 valence electrons. The zero-order chi connectivity index (χ0) is 16.5. The van der Waals surface area contributed by atoms with Crippen LogP contribution in [-0.2, 0) is 6.54 Å². The normalized spacial score (nSPS) is 15.2. The van der Waals surface area contributed by atoms with Gasteiger partial charge in [-0.1, -0.05) is 12.1 Å². The fourth-order valence-corrected chi connectivity index (χ4v) is 3.44. The van der Waals surface area contributed by atoms with Crippen molar-refractivity contribution in [2.24, 2.45) is 0 Å². The van der Waals surface area contributed by atoms with Crippen molar-refractivity contribution >= 4 is 16.8 Å². The molecule has 4 heteroatoms. The van der Waals surface area contributed by atoms with Crippen LogP contribution in [0.25, 0.3) is 16.7 Å². The quantitative estimate of drug-likeness (QED) is 0.686. The molecule has 24 heavy (non-hydrogen) atoms. The van der Waals surface area contributed by atoms with Gasteiger partial charge in [-0.25, -0.2) is 4.98 Å². The highest BCUT2D eigenvalue weighted by molar-refractivity contribution is 5.97. The molecular formula is C20H21N3O. The highest BCUT2D eigenvalue weighted by Gasteiger charge is 2.12. The Bertz CT molecular complexity index is 891. The zero-order valence-corrected chi connectivity index (χ0v) is 13.9. The van der Waals surface area contributed by atoms with E-state index in [4.69, 9.17) is 0 Å². The Hall–Kier alpha value is -2.46. The summed E-state index contributed by atoms with van der Waals surface area (Å²) >= 11 is 0. The number of benzene rings is 2. The van der Waals surface area contributed by atoms with Crippen molar-refractivity contribution < 1.29 is 4.79 Å². The van der Waals surface area contributed by atoms with Gasteiger partial charge < -0.3 is 0 Å². The van der Waals surface area contributed by atoms with Crippen molar-refractivity contribution in [2.75, 3.05) is 13.1 Å². The van der Waals surface area contributed by atoms with Crippen LogP contribution in [0.5, 0.6) is 0 Å². The van der Waals surface area contributed by atoms with Gasteiger partial charge in [0.1, 0.15) is 6.33 Å². The largest absolute Gasteiger partial charge is 0.299 e. The minimum absolute atomic E-state index is 0.0686. The van der Waals surface area contributed by atoms with Gasteiger partial charge in [-0.2, -0.15) is 0 Å². The van der Waals surface area contributed by atoms with Crippen molar-refractivity contribution in [1.82, 2.24) is 14.5 Å². The van der Waals surface area contributed by atoms with Crippen molar-refractivity contribution in [2.45, 2.75) is 26.3 Å². The van der Waals surface area contributed by atoms with Gasteiger partial charge in [-0.15, -0.1) is 0 Å². The molecule has 0 saturated carbocycles. The van der Waals surface area contributed by atoms with E-state index in [9.17, 15) is 4.79 Å². The fraction of sp³-hybridized carbons (Fsp3) is 0.300. The minimum atomic E-state index is 0.0686. The molecule has 0 amide bonds. The summed E-state index contributed by atoms with van der Waals surface area (Å²) in [4.78, 5) is 18.5. The van der Waals surface area contributed by atoms with E-state index in [1.807, 2.05) is 24.5 Å². The number of fused-ring (bicyclic) bond motifs is 1. The summed E-state index contributed by atoms with van der Waals surface area (Å²) < 4.78 is 2.09. The van der Waals surface area contributed by atoms with Gasteiger partial charge >= 0.3 is 0 Å². The lowest BCUT2D eigenvalue weighted by Crippen LogP contribution is -2.18. The summed E-state index contributed by atoms with van der Waals surface area (Å²) in [6, 6.07) is 14.3. The first-order valence-corrected chi connectivity index (χ1v) is 8.50. The number of ketones is 1. The van der Waals surface area contributed by atoms with Gasteiger partial charge in [0.2, 0.25) is 0 Å². The maximum absolute atomic E-state index is 11.5. The summed E-state index contributed by atoms with van der Waals surface area (Å²) in [5.41, 5.74) is 5.03. The smallest absolute Gasteiger partial charge is 0.159 e. The van der Waals surface area contributed by atoms with Crippen molar-refractivity contribution in [3.8, 4) is 5.69 Å². The molecule has 2 aromatic carbocycles. The maximum Gasteiger partial charge on any atom is 0.159 e. The Morgan fingerprint density at radius 2 is 1.96 bits per heavy atom. The van der Waals surface area contributed by atoms with Crippen LogP contribution in [0.3, 0.4) is 0 Å². The van der Waals surface area contributed by atoms with E-state index >= 15 is 0 Å². The highest BCUT2D eigenvalue weighted by Crippen LogP contribution is 2.21. The Morgan fingerprint density at radius 3 is 2.75 bits per heavy atom. The Balaban J connectivity index is 1.68. The third-order valence-electron chi connectivity index (χ3n) is 4.75. The van der Waals surface area contributed by atoms with Gasteiger partial charge in [-0.05, 0) is 68.8 Å². The maximum atomic E-state index is 11.5. The lowest BCUT2D eigenvalue weighted by atomic mass is 10.1. The number of carbonyl (C=O) groups excluding carboxylic acids is 1. The monoisotopic (exact) mass is 319 g/mol. The zero-order valence-electron chi connectivity index (χ0n) is 13.9. The predicted molar refractivity (Wildman–Crippen MR) is 95.6 cm³/mol. The van der Waals surface area contributed by atoms with E-state index in [1.165, 1.54) is 31.5 Å². The molecule has 0 bridgehead atoms. The number of aromatic nitrogens is 2. The van der Waals surface area contributed by atoms with Crippen molar-refractivity contribution in [3.63, 3.8) is 0 Å². The second kappa shape index (κ2) is 6.21. The number of Topliss-reactive ketones (excluding diaryl/α,β-unsaturated/α-hetero) is 1. The molecule has 4 rings (SSSR count). The second-order valence-electron chi connectivity index (χ2n) is 6.53. The molecule has 4 nitrogen and oxygen atoms in total. The molecule has 1 aromatic heterocycles. The number of hydrogen-bond acceptors (Lipinski definition) is 3. The summed E-state index contributed by atoms with van der Waals surface area (Å²) in [7, 11) is 0. The lowest BCUT2D eigenvalue weighted by Gasteiger charge is -2.15. The number of likely N-dealkylation sites (tertiary alicyclic amines) is 1. The van der Waals surface area contributed by atoms with Crippen LogP contribution in [0, 0.1) is 0 Å². The van der Waals surface area contributed by atoms with E-state index in [0.717, 1.165) is 23.3 Å². The van der Waals surface area contributed by atoms with Crippen molar-refractivity contribution in [3.05, 3.63) is 59.9 Å². The molecular weight excluding hydrogens is 298 g/mol. The topological polar surface area (TPSA) is 38.1 Å². The van der Waals surface area contributed by atoms with E-state index < -0.39 is 0 Å². The third kappa shape index (κ3) is 2.85. The van der Waals surface area contributed by atoms with Crippen LogP contribution in [0.15, 0.2) is 48.8 Å². The lowest BCUT2D eigenvalue weighted by molar-refractivity contribution is 0.101. The Labute approximate surface area is 141 Å². The summed E-state index contributed by atoms with van der Waals surface area (Å²) in [6.45, 7) is 4.99. The van der Waals surface area contributed by atoms with E-state index in [2.05, 4.69) is 38.7 Å². The molecule has 0 N–H and O–H groups in total. The third-order valence-corrected chi connectivity index (χ3v) is 4.75. The van der Waals surface area contributed by atoms with Crippen LogP contribution in [0.4, 0.5) is 0 Å². The number of carbonyl (C=O) groups is 1. The molecule has 0 aliphatic carbocycles. The van der Waals surface area contributed by atoms with E-state index in [0.29, 0.717) is 5.56 Å². The first kappa shape index (κ1) is 15.1. The number of nitrogens with zero attached hydrogens (tertiary/aromatic N) is 3. The van der Waals surface area contributed by atoms with Gasteiger partial charge in [0.25, 0.3) is 0 Å². The molecule has 0 radical (unpaired) electrons. The first-order chi connectivity index (χ1) is 11.7. The Kier molecular flexibility index (Phi) is 3.90. The SMILES string of the molecule is CC(=O)c1ccc2c(c1)ncn2-c1cccc(CN2CCCC2)c1. The summed E-state index contributed by atoms with van der Waals surface area (Å²) in [5.74, 6) is 0.0686. The van der Waals surface area contributed by atoms with Gasteiger partial charge in [-0.3, -0.25) is 14.3 Å². The molecule has 0 spiro atoms. The van der Waals surface area contributed by atoms with E-state index in [1.54, 1.807) is 6.92 Å². The minimum Gasteiger partial charge on any atom is -0.299 e. The number of rotatable bonds is 4. The molecule has 1 saturated heterocycles. The molecule has 2 heterocycles. The van der Waals surface area contributed by atoms with Crippen LogP contribution >= 0.6 is 0 Å². The molecule has 3 aromatic rings.